The number of aldehydes is 3. The van der Waals surface area contributed by atoms with Crippen LogP contribution in [0.2, 0.25) is 25.1 Å². The zero-order chi connectivity index (χ0) is 112. The van der Waals surface area contributed by atoms with E-state index in [9.17, 15) is 95.1 Å². The number of aryl methyl sites for hydroxylation is 1. The Labute approximate surface area is 988 Å². The van der Waals surface area contributed by atoms with Crippen LogP contribution >= 0.6 is 76.2 Å². The predicted molar refractivity (Wildman–Crippen MR) is 572 cm³/mol. The first-order chi connectivity index (χ1) is 69.6. The number of nitrogens with two attached hydrogens (primary N) is 1. The number of phenolic OH excluding ortho intramolecular Hbond substituents is 4. The second-order valence-corrected chi connectivity index (χ2v) is 42.3. The number of carbonyl (C=O) groups is 11. The molecule has 1 aliphatic heterocycles. The van der Waals surface area contributed by atoms with Gasteiger partial charge in [0.15, 0.2) is 12.1 Å². The summed E-state index contributed by atoms with van der Waals surface area (Å²) >= 11 is 29.5. The molecule has 1 aromatic heterocycles. The number of aromatic hydroxyl groups is 4. The maximum Gasteiger partial charge on any atom is 1.00 e. The number of thiazole rings is 1. The SMILES string of the molecule is C.C1CCOC1.CC(C)(C)OC(=O)N(c1cscn1)S(=O)(=O)c1cc(Cl)c(F)cc1F.CC(C)(C)OC(=O)N[C@@H](CCCC/C=C/c1cc(Cl)ccc1O)C(=O)O.CC(C)(C)OC(=O)N[C@@H](CCN)C(=O)O.CC(C)(C)OC(=O)N[C@@H](CCNCCCc1cc(Cl)ccc1O)C(=O)O.O=C/C=C/c1cc(Cl)ccc1O.O=CC=P(c1ccccc1)(c1ccccc1)c1ccccc1.O=Cc1cc(Cl)ccc1O.[2H]OOC=O.[CH2-]F.[K+].[K+]. The van der Waals surface area contributed by atoms with Crippen LogP contribution in [0.25, 0.3) is 13.6 Å². The van der Waals surface area contributed by atoms with E-state index in [0.29, 0.717) is 94.7 Å². The molecule has 3 atom stereocenters. The maximum atomic E-state index is 14.1. The van der Waals surface area contributed by atoms with Gasteiger partial charge in [-0.2, -0.15) is 7.18 Å². The van der Waals surface area contributed by atoms with Crippen LogP contribution in [-0.4, -0.2) is 201 Å². The van der Waals surface area contributed by atoms with Crippen LogP contribution in [0.3, 0.4) is 0 Å². The number of halogens is 8. The molecule has 8 aromatic carbocycles. The van der Waals surface area contributed by atoms with Gasteiger partial charge in [0.05, 0.1) is 16.1 Å². The Morgan fingerprint density at radius 1 is 0.547 bits per heavy atom. The summed E-state index contributed by atoms with van der Waals surface area (Å²) in [7, 11) is -3.04. The van der Waals surface area contributed by atoms with Gasteiger partial charge in [-0.3, -0.25) is 19.2 Å². The molecule has 0 spiro atoms. The number of allylic oxidation sites excluding steroid dienone is 2. The van der Waals surface area contributed by atoms with Gasteiger partial charge in [-0.25, -0.2) is 61.0 Å². The fraction of sp³-hybridized carbons (Fsp3) is 0.340. The molecular weight excluding hydrogens is 2170 g/mol. The van der Waals surface area contributed by atoms with Gasteiger partial charge in [-0.15, -0.1) is 15.6 Å². The van der Waals surface area contributed by atoms with Crippen LogP contribution in [0, 0.1) is 18.8 Å². The van der Waals surface area contributed by atoms with Crippen molar-refractivity contribution in [1.82, 2.24) is 26.3 Å². The van der Waals surface area contributed by atoms with E-state index in [2.05, 4.69) is 72.8 Å². The number of unbranched alkanes of at least 4 members (excludes halogenated alkanes) is 2. The molecule has 1 aliphatic rings. The topological polar surface area (TPSA) is 529 Å². The number of hydrogen-bond donors (Lipinski definition) is 13. The van der Waals surface area contributed by atoms with Crippen LogP contribution < -0.4 is 150 Å². The van der Waals surface area contributed by atoms with Gasteiger partial charge >= 0.3 is 152 Å². The smallest absolute Gasteiger partial charge is 0.508 e. The number of carboxylic acids is 3. The largest absolute Gasteiger partial charge is 1.00 e. The minimum absolute atomic E-state index is 0. The number of nitrogens with one attached hydrogen (secondary N) is 4. The number of hydrogen-bond acceptors (Lipinski definition) is 28. The molecule has 0 radical (unpaired) electrons. The molecule has 14 N–H and O–H groups in total. The predicted octanol–water partition coefficient (Wildman–Crippen LogP) is 15.0. The van der Waals surface area contributed by atoms with Crippen LogP contribution in [0.5, 0.6) is 23.0 Å². The summed E-state index contributed by atoms with van der Waals surface area (Å²) in [5.41, 5.74) is 5.64. The first kappa shape index (κ1) is 143. The molecule has 2 heterocycles. The van der Waals surface area contributed by atoms with Crippen molar-refractivity contribution < 1.29 is 247 Å². The molecule has 4 amide bonds. The number of alkyl carbamates (subject to hydrolysis) is 3. The number of carboxylic acid groups (broad SMARTS) is 3. The molecule has 0 unspecified atom stereocenters. The van der Waals surface area contributed by atoms with Crippen molar-refractivity contribution in [2.45, 2.75) is 200 Å². The summed E-state index contributed by atoms with van der Waals surface area (Å²) in [6, 6.07) is 47.5. The second-order valence-electron chi connectivity index (χ2n) is 34.3. The van der Waals surface area contributed by atoms with E-state index in [1.807, 2.05) is 66.5 Å². The Bertz CT molecular complexity index is 5760. The van der Waals surface area contributed by atoms with E-state index in [-0.39, 0.29) is 175 Å². The van der Waals surface area contributed by atoms with E-state index in [4.69, 9.17) is 104 Å². The minimum atomic E-state index is -4.79. The molecule has 0 aliphatic carbocycles. The number of rotatable bonds is 33. The Hall–Kier alpha value is -9.36. The molecule has 47 heteroatoms. The Balaban J connectivity index is -0.00000168. The molecule has 1 fully saturated rings. The number of amides is 4. The normalized spacial score (nSPS) is 11.8. The van der Waals surface area contributed by atoms with Gasteiger partial charge in [0.1, 0.15) is 92.6 Å². The third kappa shape index (κ3) is 60.3. The van der Waals surface area contributed by atoms with Crippen molar-refractivity contribution in [2.24, 2.45) is 5.73 Å². The van der Waals surface area contributed by atoms with E-state index in [1.54, 1.807) is 118 Å². The summed E-state index contributed by atoms with van der Waals surface area (Å²) < 4.78 is 93.2. The number of sulfonamides is 1. The number of nitrogens with zero attached hydrogens (tertiary/aromatic N) is 2. The van der Waals surface area contributed by atoms with Crippen molar-refractivity contribution in [3.63, 3.8) is 0 Å². The number of aromatic nitrogens is 1. The van der Waals surface area contributed by atoms with Gasteiger partial charge in [-0.05, 0) is 286 Å². The maximum absolute atomic E-state index is 14.1. The van der Waals surface area contributed by atoms with E-state index in [0.717, 1.165) is 49.2 Å². The van der Waals surface area contributed by atoms with Crippen molar-refractivity contribution in [1.29, 1.82) is 1.43 Å². The number of phenols is 4. The summed E-state index contributed by atoms with van der Waals surface area (Å²) in [4.78, 5) is 127. The fourth-order valence-corrected chi connectivity index (χ4v) is 18.2. The average Bonchev–Trinajstić information content (AvgIpc) is 1.75. The van der Waals surface area contributed by atoms with E-state index >= 15 is 0 Å². The van der Waals surface area contributed by atoms with Crippen LogP contribution in [0.4, 0.5) is 38.2 Å². The van der Waals surface area contributed by atoms with Gasteiger partial charge < -0.3 is 95.7 Å². The van der Waals surface area contributed by atoms with E-state index < -0.39 is 121 Å². The first-order valence-corrected chi connectivity index (χ1v) is 50.7. The van der Waals surface area contributed by atoms with Crippen molar-refractivity contribution >= 4 is 194 Å². The zero-order valence-corrected chi connectivity index (χ0v) is 97.2. The van der Waals surface area contributed by atoms with Gasteiger partial charge in [0, 0.05) is 55.9 Å². The minimum Gasteiger partial charge on any atom is -0.508 e. The molecule has 10 rings (SSSR count). The van der Waals surface area contributed by atoms with Gasteiger partial charge in [0.25, 0.3) is 11.5 Å². The second kappa shape index (κ2) is 77.1. The zero-order valence-electron chi connectivity index (χ0n) is 85.7. The molecule has 1 saturated heterocycles. The molecular formula is C103H129Cl5F3K2N7O27PS2+. The molecule has 150 heavy (non-hydrogen) atoms. The standard InChI is InChI=1S/C20H17OP.C19H26ClNO5.C18H27ClN2O5.C14H13ClF2N2O4S2.C9H7ClO2.C9H18N2O4.C7H5ClO2.C4H8O.CH2F.CH2O3.CH4.2K/c21-16-17-22(18-10-4-1-5-11-18,19-12-6-2-7-13-19)20-14-8-3-9-15-20;1-19(2,3)26-18(25)21-15(17(23)24)9-7-5-4-6-8-13-12-14(20)10-11-16(13)22;1-18(2,3)26-17(25)21-14(16(23)24)8-10-20-9-4-5-12-11-13(19)6-7-15(12)22;1-14(2,3)23-13(20)19(12-6-24-7-18-12)25(21,22)11-4-8(15)9(16)5-10(11)17;10-8-3-4-9(12)7(6-8)2-1-5-11;1-9(2,3)15-8(14)11-6(4-5-10)7(12)13;8-6-1-2-7(10)5(3-6)4-9;1-2-4-5-3-1;1-2;2-1-4-3;;;/h1-17H;6,8,10-12,15,22H,4-5,7,9H2,1-3H3,(H,21,25)(H,23,24);6-7,11,14,20,22H,4-5,8-10H2,1-3H3,(H,21,25)(H,23,24);4-7H,1-3H3;1-6,12H;6H,4-5,10H2,1-3H3,(H,11,14)(H,12,13);1-4,10H;1-4H2;1H2;1,3H;1H4;;/q;;;;;;;;-1;;;2*+1/b;8-6+;;;2-1+;;;;;;;;/t;15-;14-;;;6-;;;;;;;/m.00..0......./s1/i/hD. The van der Waals surface area contributed by atoms with Crippen molar-refractivity contribution in [2.75, 3.05) is 37.2 Å². The molecule has 34 nitrogen and oxygen atoms in total. The number of ether oxygens (including phenoxy) is 5. The number of anilines is 1. The monoisotopic (exact) mass is 2300 g/mol. The average molecular weight is 2310 g/mol. The van der Waals surface area contributed by atoms with E-state index in [1.165, 1.54) is 103 Å². The summed E-state index contributed by atoms with van der Waals surface area (Å²) in [5, 5.41) is 84.2. The van der Waals surface area contributed by atoms with Crippen molar-refractivity contribution in [3.8, 4) is 23.0 Å². The third-order valence-electron chi connectivity index (χ3n) is 18.1. The number of aliphatic carboxylic acids is 3. The number of carbonyl (C=O) groups excluding carboxylic acids is 8. The quantitative estimate of drug-likeness (QED) is 0.00174. The summed E-state index contributed by atoms with van der Waals surface area (Å²) in [6.45, 7) is 21.2. The molecule has 9 aromatic rings. The third-order valence-corrected chi connectivity index (χ3v) is 25.5. The summed E-state index contributed by atoms with van der Waals surface area (Å²) in [6.07, 6.45) is 11.9. The number of benzene rings is 8. The molecule has 812 valence electrons. The van der Waals surface area contributed by atoms with Crippen LogP contribution in [0.1, 0.15) is 175 Å². The summed E-state index contributed by atoms with van der Waals surface area (Å²) in [5.74, 6) is -3.84. The van der Waals surface area contributed by atoms with Crippen LogP contribution in [-0.2, 0) is 73.8 Å². The Kier molecular flexibility index (Phi) is 73.3. The Morgan fingerprint density at radius 3 is 1.33 bits per heavy atom. The van der Waals surface area contributed by atoms with Gasteiger partial charge in [-0.1, -0.05) is 175 Å². The Morgan fingerprint density at radius 2 is 0.960 bits per heavy atom. The molecule has 0 bridgehead atoms. The van der Waals surface area contributed by atoms with Crippen molar-refractivity contribution in [3.05, 3.63) is 265 Å². The molecule has 0 saturated carbocycles. The van der Waals surface area contributed by atoms with Gasteiger partial charge in [0.2, 0.25) is 0 Å². The first-order valence-electron chi connectivity index (χ1n) is 45.0. The van der Waals surface area contributed by atoms with Crippen LogP contribution in [0.15, 0.2) is 204 Å². The fourth-order valence-electron chi connectivity index (χ4n) is 11.7.